The molecule has 8 rings (SSSR count). The van der Waals surface area contributed by atoms with Crippen LogP contribution in [0.15, 0.2) is 48.5 Å². The first-order valence-electron chi connectivity index (χ1n) is 12.9. The van der Waals surface area contributed by atoms with Crippen LogP contribution in [0.1, 0.15) is 76.4 Å². The topological polar surface area (TPSA) is 57.7 Å². The molecule has 2 aromatic rings. The highest BCUT2D eigenvalue weighted by Gasteiger charge is 2.56. The minimum absolute atomic E-state index is 0.224. The van der Waals surface area contributed by atoms with Crippen LogP contribution in [0.3, 0.4) is 0 Å². The van der Waals surface area contributed by atoms with Crippen LogP contribution in [0.5, 0.6) is 0 Å². The number of amides is 3. The monoisotopic (exact) mass is 454 g/mol. The maximum Gasteiger partial charge on any atom is 0.261 e. The molecule has 0 aromatic heterocycles. The lowest BCUT2D eigenvalue weighted by Crippen LogP contribution is -2.57. The molecule has 5 heteroatoms. The summed E-state index contributed by atoms with van der Waals surface area (Å²) in [4.78, 5) is 44.2. The summed E-state index contributed by atoms with van der Waals surface area (Å²) in [7, 11) is 0. The van der Waals surface area contributed by atoms with Gasteiger partial charge in [0.05, 0.1) is 29.1 Å². The summed E-state index contributed by atoms with van der Waals surface area (Å²) in [6, 6.07) is 15.0. The van der Waals surface area contributed by atoms with Gasteiger partial charge in [-0.1, -0.05) is 36.4 Å². The van der Waals surface area contributed by atoms with Gasteiger partial charge in [-0.15, -0.1) is 0 Å². The van der Waals surface area contributed by atoms with Crippen LogP contribution in [-0.4, -0.2) is 40.6 Å². The second-order valence-electron chi connectivity index (χ2n) is 11.4. The Morgan fingerprint density at radius 2 is 1.38 bits per heavy atom. The van der Waals surface area contributed by atoms with Gasteiger partial charge in [-0.2, -0.15) is 0 Å². The van der Waals surface area contributed by atoms with Gasteiger partial charge in [-0.05, 0) is 86.0 Å². The number of fused-ring (bicyclic) bond motifs is 2. The molecule has 2 heterocycles. The van der Waals surface area contributed by atoms with E-state index in [2.05, 4.69) is 17.0 Å². The van der Waals surface area contributed by atoms with Crippen molar-refractivity contribution in [3.63, 3.8) is 0 Å². The Morgan fingerprint density at radius 1 is 0.824 bits per heavy atom. The number of rotatable bonds is 3. The van der Waals surface area contributed by atoms with Crippen LogP contribution in [0.2, 0.25) is 0 Å². The lowest BCUT2D eigenvalue weighted by atomic mass is 9.49. The van der Waals surface area contributed by atoms with Crippen LogP contribution in [0.4, 0.5) is 0 Å². The minimum Gasteiger partial charge on any atom is -0.333 e. The fourth-order valence-corrected chi connectivity index (χ4v) is 8.35. The molecule has 34 heavy (non-hydrogen) atoms. The third kappa shape index (κ3) is 2.88. The summed E-state index contributed by atoms with van der Waals surface area (Å²) in [5.74, 6) is 1.88. The van der Waals surface area contributed by atoms with Crippen molar-refractivity contribution in [3.8, 4) is 0 Å². The summed E-state index contributed by atoms with van der Waals surface area (Å²) in [6.07, 6.45) is 7.80. The third-order valence-corrected chi connectivity index (χ3v) is 9.40. The largest absolute Gasteiger partial charge is 0.333 e. The van der Waals surface area contributed by atoms with Crippen molar-refractivity contribution in [3.05, 3.63) is 70.8 Å². The normalized spacial score (nSPS) is 33.3. The second kappa shape index (κ2) is 7.27. The number of carbonyl (C=O) groups excluding carboxylic acids is 3. The van der Waals surface area contributed by atoms with Gasteiger partial charge in [-0.3, -0.25) is 19.3 Å². The molecule has 0 saturated heterocycles. The summed E-state index contributed by atoms with van der Waals surface area (Å²) in [5.41, 5.74) is 3.01. The van der Waals surface area contributed by atoms with Crippen molar-refractivity contribution < 1.29 is 14.4 Å². The minimum atomic E-state index is -0.285. The predicted molar refractivity (Wildman–Crippen MR) is 127 cm³/mol. The summed E-state index contributed by atoms with van der Waals surface area (Å²) in [6.45, 7) is 0.882. The van der Waals surface area contributed by atoms with E-state index in [1.165, 1.54) is 29.7 Å². The zero-order valence-corrected chi connectivity index (χ0v) is 19.4. The van der Waals surface area contributed by atoms with E-state index < -0.39 is 0 Å². The van der Waals surface area contributed by atoms with Crippen molar-refractivity contribution >= 4 is 17.7 Å². The molecule has 4 bridgehead atoms. The number of hydrogen-bond donors (Lipinski definition) is 0. The van der Waals surface area contributed by atoms with Gasteiger partial charge in [0, 0.05) is 6.54 Å². The first kappa shape index (κ1) is 20.4. The molecule has 4 saturated carbocycles. The van der Waals surface area contributed by atoms with Crippen molar-refractivity contribution in [1.29, 1.82) is 0 Å². The summed E-state index contributed by atoms with van der Waals surface area (Å²) in [5, 5.41) is 0. The Hall–Kier alpha value is -2.95. The van der Waals surface area contributed by atoms with Gasteiger partial charge in [0.15, 0.2) is 0 Å². The van der Waals surface area contributed by atoms with Gasteiger partial charge in [0.25, 0.3) is 11.8 Å². The average Bonchev–Trinajstić information content (AvgIpc) is 3.08. The van der Waals surface area contributed by atoms with E-state index in [1.54, 1.807) is 24.3 Å². The number of carbonyl (C=O) groups is 3. The molecule has 5 nitrogen and oxygen atoms in total. The standard InChI is InChI=1S/C29H30N2O3/c32-26-23-7-3-4-8-24(23)27(33)31(26)17-25-22-6-2-1-5-21(22)9-10-30(25)28(34)29-14-18-11-19(15-29)13-20(12-18)16-29/h1-8,18-20,25H,9-17H2/t18?,19?,20?,25-,29?/m0/s1. The maximum absolute atomic E-state index is 14.4. The van der Waals surface area contributed by atoms with Crippen molar-refractivity contribution in [2.45, 2.75) is 51.0 Å². The van der Waals surface area contributed by atoms with Crippen LogP contribution >= 0.6 is 0 Å². The molecular weight excluding hydrogens is 424 g/mol. The molecule has 4 fully saturated rings. The first-order valence-corrected chi connectivity index (χ1v) is 12.9. The Bertz CT molecular complexity index is 1150. The fraction of sp³-hybridized carbons (Fsp3) is 0.483. The molecule has 2 aromatic carbocycles. The van der Waals surface area contributed by atoms with Gasteiger partial charge >= 0.3 is 0 Å². The Balaban J connectivity index is 1.24. The first-order chi connectivity index (χ1) is 16.5. The zero-order chi connectivity index (χ0) is 23.0. The van der Waals surface area contributed by atoms with Crippen LogP contribution in [-0.2, 0) is 11.2 Å². The van der Waals surface area contributed by atoms with Gasteiger partial charge in [0.2, 0.25) is 5.91 Å². The Morgan fingerprint density at radius 3 is 2.00 bits per heavy atom. The molecule has 0 spiro atoms. The molecule has 0 radical (unpaired) electrons. The van der Waals surface area contributed by atoms with Crippen LogP contribution in [0.25, 0.3) is 0 Å². The van der Waals surface area contributed by atoms with E-state index in [9.17, 15) is 14.4 Å². The smallest absolute Gasteiger partial charge is 0.261 e. The van der Waals surface area contributed by atoms with E-state index in [1.807, 2.05) is 12.1 Å². The highest BCUT2D eigenvalue weighted by atomic mass is 16.2. The van der Waals surface area contributed by atoms with Gasteiger partial charge in [-0.25, -0.2) is 0 Å². The van der Waals surface area contributed by atoms with E-state index in [0.717, 1.165) is 31.2 Å². The zero-order valence-electron chi connectivity index (χ0n) is 19.4. The summed E-state index contributed by atoms with van der Waals surface area (Å²) >= 11 is 0. The fourth-order valence-electron chi connectivity index (χ4n) is 8.35. The Kier molecular flexibility index (Phi) is 4.37. The van der Waals surface area contributed by atoms with Gasteiger partial charge in [0.1, 0.15) is 0 Å². The maximum atomic E-state index is 14.4. The average molecular weight is 455 g/mol. The highest BCUT2D eigenvalue weighted by molar-refractivity contribution is 6.21. The number of hydrogen-bond acceptors (Lipinski definition) is 3. The van der Waals surface area contributed by atoms with Crippen molar-refractivity contribution in [2.24, 2.45) is 23.2 Å². The molecule has 6 aliphatic rings. The predicted octanol–water partition coefficient (Wildman–Crippen LogP) is 4.63. The lowest BCUT2D eigenvalue weighted by Gasteiger charge is -2.57. The summed E-state index contributed by atoms with van der Waals surface area (Å²) < 4.78 is 0. The van der Waals surface area contributed by atoms with E-state index in [0.29, 0.717) is 35.4 Å². The molecular formula is C29H30N2O3. The molecule has 174 valence electrons. The van der Waals surface area contributed by atoms with E-state index in [4.69, 9.17) is 0 Å². The van der Waals surface area contributed by atoms with E-state index in [-0.39, 0.29) is 35.7 Å². The molecule has 0 N–H and O–H groups in total. The van der Waals surface area contributed by atoms with Gasteiger partial charge < -0.3 is 4.90 Å². The highest BCUT2D eigenvalue weighted by Crippen LogP contribution is 2.61. The van der Waals surface area contributed by atoms with Crippen molar-refractivity contribution in [2.75, 3.05) is 13.1 Å². The third-order valence-electron chi connectivity index (χ3n) is 9.40. The van der Waals surface area contributed by atoms with Crippen LogP contribution < -0.4 is 0 Å². The van der Waals surface area contributed by atoms with Crippen molar-refractivity contribution in [1.82, 2.24) is 9.80 Å². The molecule has 2 aliphatic heterocycles. The Labute approximate surface area is 200 Å². The molecule has 1 atom stereocenters. The molecule has 4 aliphatic carbocycles. The second-order valence-corrected chi connectivity index (χ2v) is 11.4. The number of benzene rings is 2. The quantitative estimate of drug-likeness (QED) is 0.636. The number of nitrogens with zero attached hydrogens (tertiary/aromatic N) is 2. The molecule has 0 unspecified atom stereocenters. The van der Waals surface area contributed by atoms with Crippen LogP contribution in [0, 0.1) is 23.2 Å². The lowest BCUT2D eigenvalue weighted by molar-refractivity contribution is -0.161. The number of imide groups is 1. The molecule has 3 amide bonds. The SMILES string of the molecule is O=C1c2ccccc2C(=O)N1C[C@H]1c2ccccc2CCN1C(=O)C12CC3CC(CC(C3)C1)C2. The van der Waals surface area contributed by atoms with E-state index >= 15 is 0 Å².